The van der Waals surface area contributed by atoms with E-state index in [1.165, 1.54) is 7.11 Å². The van der Waals surface area contributed by atoms with E-state index in [0.29, 0.717) is 57.3 Å². The number of aliphatic hydroxyl groups excluding tert-OH is 1. The molecule has 1 saturated heterocycles. The van der Waals surface area contributed by atoms with Gasteiger partial charge in [-0.05, 0) is 57.1 Å². The van der Waals surface area contributed by atoms with Gasteiger partial charge < -0.3 is 24.8 Å². The highest BCUT2D eigenvalue weighted by atomic mass is 19.4. The number of hydrogen-bond donors (Lipinski definition) is 3. The standard InChI is InChI=1S/C28H33F3N8O4/c1-42-26-34-14-18(15-35-26)17-4-9-23(32-13-17)37-27(41)43-21-7-5-19(6-8-21)36-25-33-16-22(28(29,30)31)24(38-25)39-11-2-3-20(40)10-12-39/h4,9,13-16,19-21,40H,2-3,5-8,10-12H2,1H3,(H,32,37,41)(H,33,36,38). The van der Waals surface area contributed by atoms with E-state index in [1.807, 2.05) is 0 Å². The molecule has 1 amide bonds. The van der Waals surface area contributed by atoms with E-state index < -0.39 is 23.9 Å². The minimum atomic E-state index is -4.60. The van der Waals surface area contributed by atoms with Crippen molar-refractivity contribution >= 4 is 23.7 Å². The Balaban J connectivity index is 1.12. The molecule has 1 atom stereocenters. The topological polar surface area (TPSA) is 148 Å². The van der Waals surface area contributed by atoms with E-state index >= 15 is 0 Å². The summed E-state index contributed by atoms with van der Waals surface area (Å²) in [5.74, 6) is 0.269. The van der Waals surface area contributed by atoms with Gasteiger partial charge in [0.1, 0.15) is 23.3 Å². The van der Waals surface area contributed by atoms with Gasteiger partial charge in [0.05, 0.1) is 13.2 Å². The van der Waals surface area contributed by atoms with Crippen LogP contribution in [-0.2, 0) is 10.9 Å². The highest BCUT2D eigenvalue weighted by Crippen LogP contribution is 2.36. The number of ether oxygens (including phenoxy) is 2. The lowest BCUT2D eigenvalue weighted by molar-refractivity contribution is -0.137. The number of alkyl halides is 3. The van der Waals surface area contributed by atoms with Gasteiger partial charge in [-0.25, -0.2) is 24.7 Å². The van der Waals surface area contributed by atoms with Crippen molar-refractivity contribution in [3.05, 3.63) is 42.5 Å². The molecule has 15 heteroatoms. The molecule has 1 saturated carbocycles. The molecule has 0 radical (unpaired) electrons. The Hall–Kier alpha value is -4.27. The van der Waals surface area contributed by atoms with Crippen LogP contribution in [0, 0.1) is 0 Å². The molecule has 0 bridgehead atoms. The number of carbonyl (C=O) groups excluding carboxylic acids is 1. The maximum absolute atomic E-state index is 13.7. The number of carbonyl (C=O) groups is 1. The summed E-state index contributed by atoms with van der Waals surface area (Å²) in [5, 5.41) is 15.7. The van der Waals surface area contributed by atoms with Crippen molar-refractivity contribution < 1.29 is 32.5 Å². The first kappa shape index (κ1) is 30.2. The number of rotatable bonds is 7. The van der Waals surface area contributed by atoms with Crippen LogP contribution in [0.4, 0.5) is 35.5 Å². The first-order valence-corrected chi connectivity index (χ1v) is 14.1. The van der Waals surface area contributed by atoms with E-state index in [1.54, 1.807) is 35.6 Å². The highest BCUT2D eigenvalue weighted by Gasteiger charge is 2.37. The number of nitrogens with zero attached hydrogens (tertiary/aromatic N) is 6. The molecule has 2 aliphatic rings. The molecule has 3 aromatic heterocycles. The first-order chi connectivity index (χ1) is 20.7. The lowest BCUT2D eigenvalue weighted by Crippen LogP contribution is -2.33. The quantitative estimate of drug-likeness (QED) is 0.346. The fourth-order valence-corrected chi connectivity index (χ4v) is 5.18. The predicted molar refractivity (Wildman–Crippen MR) is 151 cm³/mol. The van der Waals surface area contributed by atoms with E-state index in [0.717, 1.165) is 17.3 Å². The van der Waals surface area contributed by atoms with Crippen LogP contribution >= 0.6 is 0 Å². The van der Waals surface area contributed by atoms with Crippen LogP contribution < -0.4 is 20.3 Å². The molecular weight excluding hydrogens is 569 g/mol. The number of halogens is 3. The molecule has 0 aromatic carbocycles. The molecule has 3 aromatic rings. The molecule has 1 aliphatic heterocycles. The van der Waals surface area contributed by atoms with E-state index in [-0.39, 0.29) is 36.5 Å². The maximum Gasteiger partial charge on any atom is 0.421 e. The molecule has 230 valence electrons. The Labute approximate surface area is 246 Å². The number of nitrogens with one attached hydrogen (secondary N) is 2. The van der Waals surface area contributed by atoms with Crippen LogP contribution in [0.2, 0.25) is 0 Å². The fourth-order valence-electron chi connectivity index (χ4n) is 5.18. The maximum atomic E-state index is 13.7. The summed E-state index contributed by atoms with van der Waals surface area (Å²) < 4.78 is 51.7. The van der Waals surface area contributed by atoms with Crippen LogP contribution in [0.5, 0.6) is 6.01 Å². The minimum Gasteiger partial charge on any atom is -0.467 e. The van der Waals surface area contributed by atoms with Crippen molar-refractivity contribution in [2.45, 2.75) is 69.4 Å². The second-order valence-electron chi connectivity index (χ2n) is 10.5. The van der Waals surface area contributed by atoms with Gasteiger partial charge in [-0.3, -0.25) is 5.32 Å². The van der Waals surface area contributed by atoms with Crippen molar-refractivity contribution in [1.29, 1.82) is 0 Å². The van der Waals surface area contributed by atoms with Crippen molar-refractivity contribution in [1.82, 2.24) is 24.9 Å². The Morgan fingerprint density at radius 2 is 1.70 bits per heavy atom. The molecule has 12 nitrogen and oxygen atoms in total. The van der Waals surface area contributed by atoms with Gasteiger partial charge in [-0.1, -0.05) is 0 Å². The monoisotopic (exact) mass is 602 g/mol. The molecule has 43 heavy (non-hydrogen) atoms. The smallest absolute Gasteiger partial charge is 0.421 e. The average Bonchev–Trinajstić information content (AvgIpc) is 3.22. The zero-order valence-corrected chi connectivity index (χ0v) is 23.5. The molecule has 1 aliphatic carbocycles. The molecular formula is C28H33F3N8O4. The normalized spacial score (nSPS) is 21.0. The number of hydrogen-bond acceptors (Lipinski definition) is 11. The van der Waals surface area contributed by atoms with Crippen LogP contribution in [-0.4, -0.2) is 74.6 Å². The van der Waals surface area contributed by atoms with Gasteiger partial charge in [0.2, 0.25) is 5.95 Å². The fraction of sp³-hybridized carbons (Fsp3) is 0.500. The summed E-state index contributed by atoms with van der Waals surface area (Å²) in [7, 11) is 1.48. The Morgan fingerprint density at radius 1 is 0.953 bits per heavy atom. The largest absolute Gasteiger partial charge is 0.467 e. The first-order valence-electron chi connectivity index (χ1n) is 14.1. The molecule has 1 unspecified atom stereocenters. The number of anilines is 3. The lowest BCUT2D eigenvalue weighted by atomic mass is 9.93. The van der Waals surface area contributed by atoms with Crippen molar-refractivity contribution in [2.75, 3.05) is 35.7 Å². The number of amides is 1. The summed E-state index contributed by atoms with van der Waals surface area (Å²) in [6.07, 6.45) is 3.40. The van der Waals surface area contributed by atoms with Crippen molar-refractivity contribution in [3.8, 4) is 17.1 Å². The SMILES string of the molecule is COc1ncc(-c2ccc(NC(=O)OC3CCC(Nc4ncc(C(F)(F)F)c(N5CCCC(O)CC5)n4)CC3)nc2)cn1. The Morgan fingerprint density at radius 3 is 2.37 bits per heavy atom. The number of pyridine rings is 1. The van der Waals surface area contributed by atoms with Gasteiger partial charge >= 0.3 is 18.3 Å². The highest BCUT2D eigenvalue weighted by molar-refractivity contribution is 5.83. The molecule has 5 rings (SSSR count). The Bertz CT molecular complexity index is 1370. The van der Waals surface area contributed by atoms with E-state index in [4.69, 9.17) is 9.47 Å². The van der Waals surface area contributed by atoms with Crippen molar-refractivity contribution in [2.24, 2.45) is 0 Å². The molecule has 3 N–H and O–H groups in total. The van der Waals surface area contributed by atoms with Crippen LogP contribution in [0.25, 0.3) is 11.1 Å². The zero-order valence-electron chi connectivity index (χ0n) is 23.5. The van der Waals surface area contributed by atoms with Gasteiger partial charge in [0, 0.05) is 55.0 Å². The third kappa shape index (κ3) is 7.97. The van der Waals surface area contributed by atoms with Crippen LogP contribution in [0.1, 0.15) is 50.5 Å². The number of aliphatic hydroxyl groups is 1. The Kier molecular flexibility index (Phi) is 9.38. The van der Waals surface area contributed by atoms with E-state index in [9.17, 15) is 23.1 Å². The lowest BCUT2D eigenvalue weighted by Gasteiger charge is -2.29. The van der Waals surface area contributed by atoms with Crippen molar-refractivity contribution in [3.63, 3.8) is 0 Å². The van der Waals surface area contributed by atoms with Gasteiger partial charge in [0.15, 0.2) is 0 Å². The molecule has 4 heterocycles. The molecule has 0 spiro atoms. The summed E-state index contributed by atoms with van der Waals surface area (Å²) in [6, 6.07) is 3.59. The second-order valence-corrected chi connectivity index (χ2v) is 10.5. The summed E-state index contributed by atoms with van der Waals surface area (Å²) >= 11 is 0. The third-order valence-electron chi connectivity index (χ3n) is 7.49. The summed E-state index contributed by atoms with van der Waals surface area (Å²) in [4.78, 5) is 34.6. The van der Waals surface area contributed by atoms with Gasteiger partial charge in [0.25, 0.3) is 0 Å². The number of methoxy groups -OCH3 is 1. The molecule has 2 fully saturated rings. The average molecular weight is 603 g/mol. The summed E-state index contributed by atoms with van der Waals surface area (Å²) in [5.41, 5.74) is 0.616. The third-order valence-corrected chi connectivity index (χ3v) is 7.49. The minimum absolute atomic E-state index is 0.0883. The second kappa shape index (κ2) is 13.4. The predicted octanol–water partition coefficient (Wildman–Crippen LogP) is 4.68. The summed E-state index contributed by atoms with van der Waals surface area (Å²) in [6.45, 7) is 0.654. The van der Waals surface area contributed by atoms with Crippen LogP contribution in [0.3, 0.4) is 0 Å². The number of aromatic nitrogens is 5. The zero-order chi connectivity index (χ0) is 30.4. The van der Waals surface area contributed by atoms with Crippen LogP contribution in [0.15, 0.2) is 36.9 Å². The van der Waals surface area contributed by atoms with Gasteiger partial charge in [-0.15, -0.1) is 0 Å². The van der Waals surface area contributed by atoms with E-state index in [2.05, 4.69) is 35.6 Å². The van der Waals surface area contributed by atoms with Gasteiger partial charge in [-0.2, -0.15) is 18.2 Å².